The highest BCUT2D eigenvalue weighted by Crippen LogP contribution is 2.54. The Hall–Kier alpha value is -1.15. The molecule has 1 fully saturated rings. The van der Waals surface area contributed by atoms with Crippen LogP contribution in [0.5, 0.6) is 0 Å². The van der Waals surface area contributed by atoms with E-state index in [1.807, 2.05) is 18.5 Å². The lowest BCUT2D eigenvalue weighted by Crippen LogP contribution is -2.33. The van der Waals surface area contributed by atoms with Crippen LogP contribution >= 0.6 is 0 Å². The maximum Gasteiger partial charge on any atom is 0.0608 e. The normalized spacial score (nSPS) is 38.1. The molecule has 4 atom stereocenters. The number of nitrogens with zero attached hydrogens (tertiary/aromatic N) is 2. The predicted molar refractivity (Wildman–Crippen MR) is 69.8 cm³/mol. The molecule has 2 aliphatic rings. The molecule has 1 aromatic rings. The molecule has 1 spiro atoms. The van der Waals surface area contributed by atoms with Gasteiger partial charge in [0.2, 0.25) is 0 Å². The monoisotopic (exact) mass is 228 g/mol. The second-order valence-electron chi connectivity index (χ2n) is 5.39. The van der Waals surface area contributed by atoms with E-state index in [1.54, 1.807) is 0 Å². The third kappa shape index (κ3) is 1.62. The minimum absolute atomic E-state index is 0.439. The van der Waals surface area contributed by atoms with Crippen LogP contribution in [0, 0.1) is 5.92 Å². The largest absolute Gasteiger partial charge is 0.290 e. The van der Waals surface area contributed by atoms with Crippen molar-refractivity contribution in [2.45, 2.75) is 37.8 Å². The van der Waals surface area contributed by atoms with Crippen molar-refractivity contribution in [3.63, 3.8) is 0 Å². The lowest BCUT2D eigenvalue weighted by Gasteiger charge is -2.30. The van der Waals surface area contributed by atoms with Crippen LogP contribution in [-0.4, -0.2) is 28.5 Å². The van der Waals surface area contributed by atoms with Crippen molar-refractivity contribution in [2.75, 3.05) is 7.05 Å². The van der Waals surface area contributed by atoms with Gasteiger partial charge in [0.15, 0.2) is 0 Å². The Morgan fingerprint density at radius 2 is 2.29 bits per heavy atom. The summed E-state index contributed by atoms with van der Waals surface area (Å²) < 4.78 is 0. The fraction of sp³-hybridized carbons (Fsp3) is 0.533. The van der Waals surface area contributed by atoms with Gasteiger partial charge in [-0.1, -0.05) is 18.2 Å². The van der Waals surface area contributed by atoms with E-state index >= 15 is 0 Å². The number of aryl methyl sites for hydroxylation is 1. The first kappa shape index (κ1) is 11.0. The van der Waals surface area contributed by atoms with Crippen LogP contribution in [-0.2, 0) is 6.42 Å². The van der Waals surface area contributed by atoms with Crippen molar-refractivity contribution < 1.29 is 0 Å². The second-order valence-corrected chi connectivity index (χ2v) is 5.39. The average Bonchev–Trinajstić information content (AvgIpc) is 2.90. The molecular formula is C15H20N2. The number of likely N-dealkylation sites (N-methyl/N-ethyl adjacent to an activating group) is 1. The van der Waals surface area contributed by atoms with E-state index in [-0.39, 0.29) is 0 Å². The molecule has 3 rings (SSSR count). The summed E-state index contributed by atoms with van der Waals surface area (Å²) in [7, 11) is 2.24. The van der Waals surface area contributed by atoms with Gasteiger partial charge in [-0.05, 0) is 44.9 Å². The van der Waals surface area contributed by atoms with Crippen LogP contribution in [0.2, 0.25) is 0 Å². The summed E-state index contributed by atoms with van der Waals surface area (Å²) >= 11 is 0. The molecule has 2 heteroatoms. The Balaban J connectivity index is 1.49. The predicted octanol–water partition coefficient (Wildman–Crippen LogP) is 2.66. The first-order valence-corrected chi connectivity index (χ1v) is 6.56. The highest BCUT2D eigenvalue weighted by atomic mass is 15.4. The van der Waals surface area contributed by atoms with Crippen molar-refractivity contribution >= 4 is 0 Å². The summed E-state index contributed by atoms with van der Waals surface area (Å²) in [5, 5.41) is 0. The molecule has 4 unspecified atom stereocenters. The van der Waals surface area contributed by atoms with Gasteiger partial charge < -0.3 is 0 Å². The van der Waals surface area contributed by atoms with E-state index < -0.39 is 0 Å². The summed E-state index contributed by atoms with van der Waals surface area (Å²) in [6, 6.07) is 4.94. The summed E-state index contributed by atoms with van der Waals surface area (Å²) in [5.41, 5.74) is 1.80. The van der Waals surface area contributed by atoms with Gasteiger partial charge in [-0.25, -0.2) is 0 Å². The molecular weight excluding hydrogens is 208 g/mol. The van der Waals surface area contributed by atoms with Crippen molar-refractivity contribution in [2.24, 2.45) is 5.92 Å². The lowest BCUT2D eigenvalue weighted by atomic mass is 9.76. The van der Waals surface area contributed by atoms with E-state index in [2.05, 4.69) is 42.1 Å². The zero-order valence-corrected chi connectivity index (χ0v) is 10.6. The van der Waals surface area contributed by atoms with Gasteiger partial charge in [0.25, 0.3) is 0 Å². The van der Waals surface area contributed by atoms with E-state index in [0.29, 0.717) is 5.54 Å². The zero-order chi connectivity index (χ0) is 11.9. The van der Waals surface area contributed by atoms with E-state index in [1.165, 1.54) is 18.4 Å². The van der Waals surface area contributed by atoms with Crippen LogP contribution < -0.4 is 0 Å². The number of pyridine rings is 1. The average molecular weight is 228 g/mol. The van der Waals surface area contributed by atoms with Gasteiger partial charge in [0, 0.05) is 24.4 Å². The van der Waals surface area contributed by atoms with Gasteiger partial charge in [0.1, 0.15) is 0 Å². The maximum absolute atomic E-state index is 4.16. The fourth-order valence-corrected chi connectivity index (χ4v) is 3.29. The molecule has 0 amide bonds. The van der Waals surface area contributed by atoms with Gasteiger partial charge in [-0.2, -0.15) is 0 Å². The number of aromatic nitrogens is 1. The van der Waals surface area contributed by atoms with E-state index in [0.717, 1.165) is 18.4 Å². The molecule has 1 aromatic heterocycles. The maximum atomic E-state index is 4.16. The van der Waals surface area contributed by atoms with Gasteiger partial charge in [-0.15, -0.1) is 0 Å². The molecule has 0 bridgehead atoms. The molecule has 1 saturated heterocycles. The highest BCUT2D eigenvalue weighted by molar-refractivity contribution is 5.37. The molecule has 1 aliphatic carbocycles. The number of hydrogen-bond acceptors (Lipinski definition) is 2. The molecule has 90 valence electrons. The third-order valence-corrected chi connectivity index (χ3v) is 4.69. The lowest BCUT2D eigenvalue weighted by molar-refractivity contribution is 0.365. The Morgan fingerprint density at radius 1 is 1.47 bits per heavy atom. The van der Waals surface area contributed by atoms with Crippen LogP contribution in [0.25, 0.3) is 0 Å². The molecule has 2 heterocycles. The molecule has 17 heavy (non-hydrogen) atoms. The topological polar surface area (TPSA) is 15.9 Å². The summed E-state index contributed by atoms with van der Waals surface area (Å²) in [5.74, 6) is 0.777. The third-order valence-electron chi connectivity index (χ3n) is 4.69. The fourth-order valence-electron chi connectivity index (χ4n) is 3.29. The summed E-state index contributed by atoms with van der Waals surface area (Å²) in [6.07, 6.45) is 12.3. The van der Waals surface area contributed by atoms with E-state index in [4.69, 9.17) is 0 Å². The van der Waals surface area contributed by atoms with E-state index in [9.17, 15) is 0 Å². The molecule has 2 nitrogen and oxygen atoms in total. The zero-order valence-electron chi connectivity index (χ0n) is 10.6. The molecule has 0 N–H and O–H groups in total. The molecule has 0 radical (unpaired) electrons. The Labute approximate surface area is 103 Å². The highest BCUT2D eigenvalue weighted by Gasteiger charge is 2.62. The van der Waals surface area contributed by atoms with Crippen molar-refractivity contribution in [3.05, 3.63) is 42.2 Å². The summed E-state index contributed by atoms with van der Waals surface area (Å²) in [4.78, 5) is 6.65. The molecule has 0 saturated carbocycles. The van der Waals surface area contributed by atoms with Gasteiger partial charge >= 0.3 is 0 Å². The Kier molecular flexibility index (Phi) is 2.55. The van der Waals surface area contributed by atoms with Crippen LogP contribution in [0.3, 0.4) is 0 Å². The molecule has 0 aromatic carbocycles. The van der Waals surface area contributed by atoms with Gasteiger partial charge in [-0.3, -0.25) is 9.88 Å². The first-order valence-electron chi connectivity index (χ1n) is 6.56. The number of rotatable bonds is 4. The Morgan fingerprint density at radius 3 is 2.82 bits per heavy atom. The molecule has 1 aliphatic heterocycles. The first-order chi connectivity index (χ1) is 8.25. The standard InChI is InChI=1S/C15H20N2/c1-12-15(17(12)2)9-8-14(15)7-3-5-13-6-4-10-16-11-13/h4,6,8-12,14H,3,5,7H2,1-2H3. The second kappa shape index (κ2) is 3.95. The number of hydrogen-bond donors (Lipinski definition) is 0. The van der Waals surface area contributed by atoms with Crippen LogP contribution in [0.4, 0.5) is 0 Å². The quantitative estimate of drug-likeness (QED) is 0.581. The SMILES string of the molecule is CC1N(C)C12C=CC2CCCc1cccnc1. The van der Waals surface area contributed by atoms with Crippen LogP contribution in [0.1, 0.15) is 25.3 Å². The van der Waals surface area contributed by atoms with Crippen molar-refractivity contribution in [1.82, 2.24) is 9.88 Å². The van der Waals surface area contributed by atoms with Crippen molar-refractivity contribution in [3.8, 4) is 0 Å². The minimum Gasteiger partial charge on any atom is -0.290 e. The van der Waals surface area contributed by atoms with Crippen molar-refractivity contribution in [1.29, 1.82) is 0 Å². The van der Waals surface area contributed by atoms with Crippen LogP contribution in [0.15, 0.2) is 36.7 Å². The summed E-state index contributed by atoms with van der Waals surface area (Å²) in [6.45, 7) is 2.33. The van der Waals surface area contributed by atoms with Gasteiger partial charge in [0.05, 0.1) is 5.54 Å². The smallest absolute Gasteiger partial charge is 0.0608 e. The minimum atomic E-state index is 0.439. The Bertz CT molecular complexity index is 416.